The van der Waals surface area contributed by atoms with Crippen molar-refractivity contribution in [3.05, 3.63) is 0 Å². The van der Waals surface area contributed by atoms with E-state index in [1.54, 1.807) is 0 Å². The molecule has 4 unspecified atom stereocenters. The van der Waals surface area contributed by atoms with Crippen LogP contribution in [0.25, 0.3) is 0 Å². The van der Waals surface area contributed by atoms with Crippen LogP contribution in [0.15, 0.2) is 0 Å². The Hall–Kier alpha value is 2.16. The third-order valence-corrected chi connectivity index (χ3v) is 8.62. The number of hydrogen-bond acceptors (Lipinski definition) is 4. The zero-order valence-corrected chi connectivity index (χ0v) is 26.2. The average molecular weight is 632 g/mol. The summed E-state index contributed by atoms with van der Waals surface area (Å²) in [6.07, 6.45) is 0. The van der Waals surface area contributed by atoms with Gasteiger partial charge in [0.15, 0.2) is 0 Å². The molecule has 12 heteroatoms. The second-order valence-corrected chi connectivity index (χ2v) is 11.1. The Morgan fingerprint density at radius 2 is 0.606 bits per heavy atom. The highest BCUT2D eigenvalue weighted by Gasteiger charge is 2.59. The zero-order chi connectivity index (χ0) is 25.6. The zero-order valence-electron chi connectivity index (χ0n) is 20.1. The molecule has 0 bridgehead atoms. The molecule has 0 saturated heterocycles. The van der Waals surface area contributed by atoms with Crippen LogP contribution in [0.3, 0.4) is 0 Å². The molecule has 0 aliphatic rings. The second-order valence-electron chi connectivity index (χ2n) is 8.36. The van der Waals surface area contributed by atoms with E-state index in [0.29, 0.717) is 73.2 Å². The van der Waals surface area contributed by atoms with E-state index in [2.05, 4.69) is 19.6 Å². The highest BCUT2D eigenvalue weighted by molar-refractivity contribution is 6.20. The smallest absolute Gasteiger partial charge is 0.0386 e. The summed E-state index contributed by atoms with van der Waals surface area (Å²) in [5, 5.41) is 0. The lowest BCUT2D eigenvalue weighted by atomic mass is 9.62. The SMILES string of the molecule is CN(CCCl)C(CCl)C(C(CCl)N(C)CCCl)(C(CCl)N(C)CCCl)C(CCl)N(C)CCCl. The van der Waals surface area contributed by atoms with Crippen molar-refractivity contribution in [1.29, 1.82) is 0 Å². The van der Waals surface area contributed by atoms with Crippen molar-refractivity contribution in [2.45, 2.75) is 24.2 Å². The Morgan fingerprint density at radius 3 is 0.727 bits per heavy atom. The van der Waals surface area contributed by atoms with E-state index in [1.807, 2.05) is 28.2 Å². The molecule has 0 rings (SSSR count). The van der Waals surface area contributed by atoms with Gasteiger partial charge in [-0.15, -0.1) is 92.8 Å². The fourth-order valence-corrected chi connectivity index (χ4v) is 8.10. The van der Waals surface area contributed by atoms with Crippen LogP contribution >= 0.6 is 92.8 Å². The maximum atomic E-state index is 6.78. The maximum absolute atomic E-state index is 6.78. The molecule has 200 valence electrons. The standard InChI is InChI=1S/C21H40Cl8N4/c1-30(9-5-22)17(13-26)21(18(14-27)31(2)10-6-23,19(15-28)32(3)11-7-24)20(16-29)33(4)12-8-25/h17-20H,5-16H2,1-4H3. The van der Waals surface area contributed by atoms with Gasteiger partial charge >= 0.3 is 0 Å². The summed E-state index contributed by atoms with van der Waals surface area (Å²) < 4.78 is 0. The molecular weight excluding hydrogens is 592 g/mol. The third kappa shape index (κ3) is 9.14. The molecule has 0 heterocycles. The lowest BCUT2D eigenvalue weighted by Gasteiger charge is -2.61. The molecule has 0 fully saturated rings. The molecule has 4 atom stereocenters. The number of hydrogen-bond donors (Lipinski definition) is 0. The van der Waals surface area contributed by atoms with Gasteiger partial charge in [0.05, 0.1) is 0 Å². The molecule has 0 aromatic carbocycles. The average Bonchev–Trinajstić information content (AvgIpc) is 2.76. The molecule has 0 radical (unpaired) electrons. The van der Waals surface area contributed by atoms with Gasteiger partial charge in [-0.05, 0) is 28.2 Å². The molecule has 0 aromatic rings. The van der Waals surface area contributed by atoms with Crippen molar-refractivity contribution in [1.82, 2.24) is 19.6 Å². The normalized spacial score (nSPS) is 18.2. The minimum atomic E-state index is -0.601. The van der Waals surface area contributed by atoms with Crippen LogP contribution < -0.4 is 0 Å². The van der Waals surface area contributed by atoms with Crippen molar-refractivity contribution in [2.24, 2.45) is 5.41 Å². The van der Waals surface area contributed by atoms with Crippen molar-refractivity contribution < 1.29 is 0 Å². The molecule has 0 amide bonds. The first-order chi connectivity index (χ1) is 15.7. The van der Waals surface area contributed by atoms with Gasteiger partial charge in [0.2, 0.25) is 0 Å². The van der Waals surface area contributed by atoms with Gasteiger partial charge in [0.1, 0.15) is 0 Å². The lowest BCUT2D eigenvalue weighted by molar-refractivity contribution is -0.0853. The highest BCUT2D eigenvalue weighted by Crippen LogP contribution is 2.45. The molecule has 0 aromatic heterocycles. The van der Waals surface area contributed by atoms with Crippen molar-refractivity contribution >= 4 is 92.8 Å². The largest absolute Gasteiger partial charge is 0.300 e. The van der Waals surface area contributed by atoms with Crippen LogP contribution in [0.2, 0.25) is 0 Å². The van der Waals surface area contributed by atoms with Crippen LogP contribution in [0.1, 0.15) is 0 Å². The van der Waals surface area contributed by atoms with Crippen molar-refractivity contribution in [3.8, 4) is 0 Å². The van der Waals surface area contributed by atoms with E-state index in [9.17, 15) is 0 Å². The van der Waals surface area contributed by atoms with Crippen LogP contribution in [0.4, 0.5) is 0 Å². The quantitative estimate of drug-likeness (QED) is 0.174. The molecule has 0 aliphatic carbocycles. The van der Waals surface area contributed by atoms with E-state index in [4.69, 9.17) is 92.8 Å². The Kier molecular flexibility index (Phi) is 20.5. The Morgan fingerprint density at radius 1 is 0.424 bits per heavy atom. The number of alkyl halides is 8. The minimum Gasteiger partial charge on any atom is -0.300 e. The van der Waals surface area contributed by atoms with E-state index in [-0.39, 0.29) is 24.2 Å². The Balaban J connectivity index is 7.35. The lowest BCUT2D eigenvalue weighted by Crippen LogP contribution is -2.75. The monoisotopic (exact) mass is 628 g/mol. The van der Waals surface area contributed by atoms with Gasteiger partial charge in [0, 0.05) is 103 Å². The highest BCUT2D eigenvalue weighted by atomic mass is 35.5. The van der Waals surface area contributed by atoms with Crippen molar-refractivity contribution in [2.75, 3.05) is 101 Å². The molecule has 0 saturated carbocycles. The van der Waals surface area contributed by atoms with Gasteiger partial charge in [-0.2, -0.15) is 0 Å². The van der Waals surface area contributed by atoms with Gasteiger partial charge in [0.25, 0.3) is 0 Å². The van der Waals surface area contributed by atoms with E-state index in [1.165, 1.54) is 0 Å². The van der Waals surface area contributed by atoms with E-state index >= 15 is 0 Å². The maximum Gasteiger partial charge on any atom is 0.0386 e. The topological polar surface area (TPSA) is 13.0 Å². The summed E-state index contributed by atoms with van der Waals surface area (Å²) in [6, 6.07) is -0.602. The predicted molar refractivity (Wildman–Crippen MR) is 154 cm³/mol. The van der Waals surface area contributed by atoms with Gasteiger partial charge in [-0.3, -0.25) is 0 Å². The summed E-state index contributed by atoms with van der Waals surface area (Å²) in [5.41, 5.74) is -0.601. The van der Waals surface area contributed by atoms with Crippen LogP contribution in [-0.4, -0.2) is 145 Å². The van der Waals surface area contributed by atoms with Gasteiger partial charge < -0.3 is 19.6 Å². The number of rotatable bonds is 20. The fraction of sp³-hybridized carbons (Fsp3) is 1.00. The van der Waals surface area contributed by atoms with Gasteiger partial charge in [-0.1, -0.05) is 0 Å². The Bertz CT molecular complexity index is 408. The number of nitrogens with zero attached hydrogens (tertiary/aromatic N) is 4. The van der Waals surface area contributed by atoms with Gasteiger partial charge in [-0.25, -0.2) is 0 Å². The summed E-state index contributed by atoms with van der Waals surface area (Å²) in [6.45, 7) is 2.60. The van der Waals surface area contributed by atoms with E-state index in [0.717, 1.165) is 0 Å². The summed E-state index contributed by atoms with van der Waals surface area (Å²) in [7, 11) is 8.15. The first-order valence-corrected chi connectivity index (χ1v) is 15.3. The molecule has 4 nitrogen and oxygen atoms in total. The summed E-state index contributed by atoms with van der Waals surface area (Å²) in [5.74, 6) is 3.26. The predicted octanol–water partition coefficient (Wildman–Crippen LogP) is 5.08. The Labute approximate surface area is 242 Å². The molecule has 0 aliphatic heterocycles. The minimum absolute atomic E-state index is 0.150. The number of halogens is 8. The van der Waals surface area contributed by atoms with Crippen LogP contribution in [0, 0.1) is 5.41 Å². The van der Waals surface area contributed by atoms with Crippen LogP contribution in [-0.2, 0) is 0 Å². The summed E-state index contributed by atoms with van der Waals surface area (Å²) >= 11 is 51.8. The molecule has 33 heavy (non-hydrogen) atoms. The first-order valence-electron chi connectivity index (χ1n) is 11.0. The molecule has 0 spiro atoms. The van der Waals surface area contributed by atoms with Crippen molar-refractivity contribution in [3.63, 3.8) is 0 Å². The first kappa shape index (κ1) is 35.2. The van der Waals surface area contributed by atoms with E-state index < -0.39 is 5.41 Å². The van der Waals surface area contributed by atoms with Crippen LogP contribution in [0.5, 0.6) is 0 Å². The molecular formula is C21H40Cl8N4. The third-order valence-electron chi connectivity index (χ3n) is 6.77. The molecule has 0 N–H and O–H groups in total. The fourth-order valence-electron chi connectivity index (χ4n) is 5.02. The second kappa shape index (κ2) is 19.3. The summed E-state index contributed by atoms with van der Waals surface area (Å²) in [4.78, 5) is 8.82.